The topological polar surface area (TPSA) is 91.4 Å². The van der Waals surface area contributed by atoms with Crippen LogP contribution >= 0.6 is 0 Å². The van der Waals surface area contributed by atoms with Crippen molar-refractivity contribution in [2.24, 2.45) is 0 Å². The smallest absolute Gasteiger partial charge is 0.205 e. The van der Waals surface area contributed by atoms with Crippen LogP contribution in [0.25, 0.3) is 16.7 Å². The lowest BCUT2D eigenvalue weighted by atomic mass is 10.1. The van der Waals surface area contributed by atoms with Crippen LogP contribution in [0, 0.1) is 29.6 Å². The third-order valence-corrected chi connectivity index (χ3v) is 3.39. The SMILES string of the molecule is Cc1ccc(C#N)cc1-n1c(N)nc2ccc(C#N)cc21. The van der Waals surface area contributed by atoms with Crippen molar-refractivity contribution in [3.8, 4) is 17.8 Å². The molecule has 0 saturated heterocycles. The van der Waals surface area contributed by atoms with Gasteiger partial charge in [0.25, 0.3) is 0 Å². The summed E-state index contributed by atoms with van der Waals surface area (Å²) in [5.74, 6) is 0.332. The number of fused-ring (bicyclic) bond motifs is 1. The van der Waals surface area contributed by atoms with E-state index in [0.717, 1.165) is 16.8 Å². The summed E-state index contributed by atoms with van der Waals surface area (Å²) < 4.78 is 1.77. The third-order valence-electron chi connectivity index (χ3n) is 3.39. The Hall–Kier alpha value is -3.31. The number of nitrogens with two attached hydrogens (primary N) is 1. The monoisotopic (exact) mass is 273 g/mol. The molecule has 5 nitrogen and oxygen atoms in total. The van der Waals surface area contributed by atoms with Gasteiger partial charge in [-0.25, -0.2) is 4.98 Å². The van der Waals surface area contributed by atoms with Crippen LogP contribution in [0.2, 0.25) is 0 Å². The number of nitriles is 2. The Kier molecular flexibility index (Phi) is 2.82. The molecule has 0 bridgehead atoms. The maximum Gasteiger partial charge on any atom is 0.205 e. The molecule has 100 valence electrons. The van der Waals surface area contributed by atoms with E-state index in [1.54, 1.807) is 34.9 Å². The van der Waals surface area contributed by atoms with Gasteiger partial charge in [0.15, 0.2) is 0 Å². The average Bonchev–Trinajstić information content (AvgIpc) is 2.82. The average molecular weight is 273 g/mol. The summed E-state index contributed by atoms with van der Waals surface area (Å²) in [6.07, 6.45) is 0. The fourth-order valence-electron chi connectivity index (χ4n) is 2.34. The van der Waals surface area contributed by atoms with Crippen LogP contribution in [-0.4, -0.2) is 9.55 Å². The molecule has 0 atom stereocenters. The summed E-state index contributed by atoms with van der Waals surface area (Å²) in [7, 11) is 0. The lowest BCUT2D eigenvalue weighted by Gasteiger charge is -2.10. The van der Waals surface area contributed by atoms with Gasteiger partial charge in [0.05, 0.1) is 40.0 Å². The largest absolute Gasteiger partial charge is 0.369 e. The summed E-state index contributed by atoms with van der Waals surface area (Å²) in [6.45, 7) is 1.94. The van der Waals surface area contributed by atoms with Crippen LogP contribution in [0.4, 0.5) is 5.95 Å². The van der Waals surface area contributed by atoms with Gasteiger partial charge in [-0.1, -0.05) is 6.07 Å². The summed E-state index contributed by atoms with van der Waals surface area (Å²) in [6, 6.07) is 14.8. The summed E-state index contributed by atoms with van der Waals surface area (Å²) in [5.41, 5.74) is 10.4. The van der Waals surface area contributed by atoms with Crippen LogP contribution < -0.4 is 5.73 Å². The van der Waals surface area contributed by atoms with Gasteiger partial charge in [-0.3, -0.25) is 4.57 Å². The minimum absolute atomic E-state index is 0.332. The van der Waals surface area contributed by atoms with Gasteiger partial charge in [0.1, 0.15) is 0 Å². The van der Waals surface area contributed by atoms with E-state index in [0.29, 0.717) is 22.6 Å². The number of aromatic nitrogens is 2. The minimum Gasteiger partial charge on any atom is -0.369 e. The molecule has 0 aliphatic carbocycles. The first-order valence-electron chi connectivity index (χ1n) is 6.33. The number of anilines is 1. The fourth-order valence-corrected chi connectivity index (χ4v) is 2.34. The number of benzene rings is 2. The highest BCUT2D eigenvalue weighted by Gasteiger charge is 2.13. The third kappa shape index (κ3) is 1.98. The Balaban J connectivity index is 2.37. The molecule has 5 heteroatoms. The first-order valence-corrected chi connectivity index (χ1v) is 6.33. The van der Waals surface area contributed by atoms with E-state index in [4.69, 9.17) is 16.3 Å². The second kappa shape index (κ2) is 4.66. The van der Waals surface area contributed by atoms with Crippen LogP contribution in [0.1, 0.15) is 16.7 Å². The quantitative estimate of drug-likeness (QED) is 0.737. The first kappa shape index (κ1) is 12.7. The second-order valence-electron chi connectivity index (χ2n) is 4.73. The molecule has 0 fully saturated rings. The lowest BCUT2D eigenvalue weighted by Crippen LogP contribution is -2.03. The molecule has 0 radical (unpaired) electrons. The van der Waals surface area contributed by atoms with Gasteiger partial charge in [-0.05, 0) is 42.8 Å². The maximum absolute atomic E-state index is 9.07. The van der Waals surface area contributed by atoms with E-state index in [1.165, 1.54) is 0 Å². The number of nitrogen functional groups attached to an aromatic ring is 1. The van der Waals surface area contributed by atoms with Crippen molar-refractivity contribution in [1.82, 2.24) is 9.55 Å². The molecule has 0 aliphatic rings. The molecule has 1 aromatic heterocycles. The zero-order valence-electron chi connectivity index (χ0n) is 11.3. The number of hydrogen-bond acceptors (Lipinski definition) is 4. The maximum atomic E-state index is 9.07. The molecular weight excluding hydrogens is 262 g/mol. The van der Waals surface area contributed by atoms with Crippen molar-refractivity contribution >= 4 is 17.0 Å². The molecule has 2 aromatic carbocycles. The van der Waals surface area contributed by atoms with E-state index in [1.807, 2.05) is 13.0 Å². The number of aryl methyl sites for hydroxylation is 1. The van der Waals surface area contributed by atoms with Crippen LogP contribution in [-0.2, 0) is 0 Å². The van der Waals surface area contributed by atoms with Gasteiger partial charge in [0, 0.05) is 0 Å². The Morgan fingerprint density at radius 3 is 2.43 bits per heavy atom. The molecule has 1 heterocycles. The van der Waals surface area contributed by atoms with Gasteiger partial charge < -0.3 is 5.73 Å². The Bertz CT molecular complexity index is 938. The van der Waals surface area contributed by atoms with Crippen molar-refractivity contribution in [3.63, 3.8) is 0 Å². The van der Waals surface area contributed by atoms with Crippen molar-refractivity contribution in [2.45, 2.75) is 6.92 Å². The summed E-state index contributed by atoms with van der Waals surface area (Å²) in [5, 5.41) is 18.1. The van der Waals surface area contributed by atoms with Gasteiger partial charge in [-0.2, -0.15) is 10.5 Å². The number of imidazole rings is 1. The Morgan fingerprint density at radius 1 is 1.05 bits per heavy atom. The number of rotatable bonds is 1. The first-order chi connectivity index (χ1) is 10.1. The highest BCUT2D eigenvalue weighted by Crippen LogP contribution is 2.26. The highest BCUT2D eigenvalue weighted by molar-refractivity contribution is 5.82. The normalized spacial score (nSPS) is 10.2. The van der Waals surface area contributed by atoms with Crippen LogP contribution in [0.3, 0.4) is 0 Å². The van der Waals surface area contributed by atoms with Crippen molar-refractivity contribution < 1.29 is 0 Å². The molecule has 0 aliphatic heterocycles. The Morgan fingerprint density at radius 2 is 1.71 bits per heavy atom. The molecule has 0 unspecified atom stereocenters. The predicted octanol–water partition coefficient (Wildman–Crippen LogP) is 2.66. The van der Waals surface area contributed by atoms with E-state index in [2.05, 4.69) is 17.1 Å². The van der Waals surface area contributed by atoms with E-state index >= 15 is 0 Å². The Labute approximate surface area is 121 Å². The second-order valence-corrected chi connectivity index (χ2v) is 4.73. The predicted molar refractivity (Wildman–Crippen MR) is 79.6 cm³/mol. The van der Waals surface area contributed by atoms with Crippen LogP contribution in [0.5, 0.6) is 0 Å². The number of nitrogens with zero attached hydrogens (tertiary/aromatic N) is 4. The van der Waals surface area contributed by atoms with E-state index in [-0.39, 0.29) is 0 Å². The molecule has 0 amide bonds. The molecular formula is C16H11N5. The fraction of sp³-hybridized carbons (Fsp3) is 0.0625. The molecule has 2 N–H and O–H groups in total. The lowest BCUT2D eigenvalue weighted by molar-refractivity contribution is 1.09. The minimum atomic E-state index is 0.332. The molecule has 21 heavy (non-hydrogen) atoms. The summed E-state index contributed by atoms with van der Waals surface area (Å²) >= 11 is 0. The number of hydrogen-bond donors (Lipinski definition) is 1. The summed E-state index contributed by atoms with van der Waals surface area (Å²) in [4.78, 5) is 4.31. The molecule has 0 spiro atoms. The van der Waals surface area contributed by atoms with Gasteiger partial charge >= 0.3 is 0 Å². The van der Waals surface area contributed by atoms with Crippen molar-refractivity contribution in [3.05, 3.63) is 53.1 Å². The van der Waals surface area contributed by atoms with E-state index < -0.39 is 0 Å². The zero-order valence-corrected chi connectivity index (χ0v) is 11.3. The molecule has 3 rings (SSSR count). The molecule has 3 aromatic rings. The van der Waals surface area contributed by atoms with Crippen molar-refractivity contribution in [1.29, 1.82) is 10.5 Å². The van der Waals surface area contributed by atoms with E-state index in [9.17, 15) is 0 Å². The standard InChI is InChI=1S/C16H11N5/c1-10-2-3-11(8-17)6-14(10)21-15-7-12(9-18)4-5-13(15)20-16(21)19/h2-7H,1H3,(H2,19,20). The van der Waals surface area contributed by atoms with Gasteiger partial charge in [-0.15, -0.1) is 0 Å². The molecule has 0 saturated carbocycles. The zero-order chi connectivity index (χ0) is 15.0. The highest BCUT2D eigenvalue weighted by atomic mass is 15.2. The van der Waals surface area contributed by atoms with Gasteiger partial charge in [0.2, 0.25) is 5.95 Å². The van der Waals surface area contributed by atoms with Crippen molar-refractivity contribution in [2.75, 3.05) is 5.73 Å². The van der Waals surface area contributed by atoms with Crippen LogP contribution in [0.15, 0.2) is 36.4 Å².